The van der Waals surface area contributed by atoms with Gasteiger partial charge in [-0.15, -0.1) is 11.3 Å². The first-order chi connectivity index (χ1) is 10.1. The van der Waals surface area contributed by atoms with Crippen molar-refractivity contribution in [3.63, 3.8) is 0 Å². The standard InChI is InChI=1S/C15H9ClN2O2S/c16-15-6-3-11-9-10(1-4-12(11)17-15)2-5-14-13(18(19)20)7-8-21-14/h1-9H/b5-2+. The average molecular weight is 317 g/mol. The minimum atomic E-state index is -0.373. The Kier molecular flexibility index (Phi) is 3.68. The van der Waals surface area contributed by atoms with Crippen LogP contribution < -0.4 is 0 Å². The second kappa shape index (κ2) is 5.63. The maximum atomic E-state index is 10.9. The highest BCUT2D eigenvalue weighted by atomic mass is 35.5. The van der Waals surface area contributed by atoms with E-state index in [0.717, 1.165) is 16.5 Å². The number of hydrogen-bond donors (Lipinski definition) is 0. The topological polar surface area (TPSA) is 56.0 Å². The molecule has 1 aromatic carbocycles. The highest BCUT2D eigenvalue weighted by Crippen LogP contribution is 2.27. The van der Waals surface area contributed by atoms with Gasteiger partial charge in [0.15, 0.2) is 0 Å². The lowest BCUT2D eigenvalue weighted by molar-refractivity contribution is -0.384. The van der Waals surface area contributed by atoms with E-state index < -0.39 is 0 Å². The third kappa shape index (κ3) is 2.94. The van der Waals surface area contributed by atoms with Crippen molar-refractivity contribution in [1.29, 1.82) is 0 Å². The molecule has 104 valence electrons. The molecule has 4 nitrogen and oxygen atoms in total. The van der Waals surface area contributed by atoms with E-state index in [1.54, 1.807) is 17.5 Å². The minimum absolute atomic E-state index is 0.130. The van der Waals surface area contributed by atoms with Crippen molar-refractivity contribution >= 4 is 51.7 Å². The summed E-state index contributed by atoms with van der Waals surface area (Å²) in [5.74, 6) is 0. The molecule has 0 spiro atoms. The van der Waals surface area contributed by atoms with Crippen LogP contribution >= 0.6 is 22.9 Å². The molecule has 0 bridgehead atoms. The van der Waals surface area contributed by atoms with Crippen molar-refractivity contribution in [3.05, 3.63) is 67.5 Å². The quantitative estimate of drug-likeness (QED) is 0.387. The van der Waals surface area contributed by atoms with Gasteiger partial charge in [0.25, 0.3) is 5.69 Å². The van der Waals surface area contributed by atoms with Crippen LogP contribution in [-0.4, -0.2) is 9.91 Å². The Morgan fingerprint density at radius 1 is 1.19 bits per heavy atom. The smallest absolute Gasteiger partial charge is 0.258 e. The monoisotopic (exact) mass is 316 g/mol. The third-order valence-electron chi connectivity index (χ3n) is 2.98. The number of rotatable bonds is 3. The van der Waals surface area contributed by atoms with Gasteiger partial charge in [0.1, 0.15) is 10.0 Å². The normalized spacial score (nSPS) is 11.3. The average Bonchev–Trinajstić information content (AvgIpc) is 2.93. The van der Waals surface area contributed by atoms with E-state index in [4.69, 9.17) is 11.6 Å². The summed E-state index contributed by atoms with van der Waals surface area (Å²) < 4.78 is 0. The number of halogens is 1. The SMILES string of the molecule is O=[N+]([O-])c1ccsc1/C=C/c1ccc2nc(Cl)ccc2c1. The lowest BCUT2D eigenvalue weighted by Crippen LogP contribution is -1.86. The van der Waals surface area contributed by atoms with Gasteiger partial charge in [-0.25, -0.2) is 4.98 Å². The van der Waals surface area contributed by atoms with Crippen molar-refractivity contribution in [3.8, 4) is 0 Å². The number of thiophene rings is 1. The van der Waals surface area contributed by atoms with Crippen molar-refractivity contribution in [2.24, 2.45) is 0 Å². The van der Waals surface area contributed by atoms with Crippen molar-refractivity contribution in [2.75, 3.05) is 0 Å². The number of nitrogens with zero attached hydrogens (tertiary/aromatic N) is 2. The summed E-state index contributed by atoms with van der Waals surface area (Å²) in [4.78, 5) is 15.3. The molecule has 0 amide bonds. The zero-order chi connectivity index (χ0) is 14.8. The molecule has 6 heteroatoms. The molecular weight excluding hydrogens is 308 g/mol. The molecule has 3 aromatic rings. The van der Waals surface area contributed by atoms with Gasteiger partial charge < -0.3 is 0 Å². The van der Waals surface area contributed by atoms with E-state index in [1.807, 2.05) is 30.3 Å². The van der Waals surface area contributed by atoms with Gasteiger partial charge in [0.2, 0.25) is 0 Å². The number of nitro groups is 1. The van der Waals surface area contributed by atoms with Crippen LogP contribution in [0.15, 0.2) is 41.8 Å². The molecule has 0 fully saturated rings. The van der Waals surface area contributed by atoms with Crippen LogP contribution in [0, 0.1) is 10.1 Å². The Labute approximate surface area is 129 Å². The Hall–Kier alpha value is -2.24. The summed E-state index contributed by atoms with van der Waals surface area (Å²) in [6.07, 6.45) is 3.61. The second-order valence-electron chi connectivity index (χ2n) is 4.35. The molecule has 0 saturated heterocycles. The molecule has 2 heterocycles. The fourth-order valence-electron chi connectivity index (χ4n) is 1.98. The Morgan fingerprint density at radius 2 is 2.05 bits per heavy atom. The molecule has 0 atom stereocenters. The van der Waals surface area contributed by atoms with Gasteiger partial charge in [0.05, 0.1) is 10.4 Å². The van der Waals surface area contributed by atoms with Gasteiger partial charge in [-0.1, -0.05) is 23.7 Å². The van der Waals surface area contributed by atoms with Gasteiger partial charge >= 0.3 is 0 Å². The van der Waals surface area contributed by atoms with Gasteiger partial charge in [0, 0.05) is 11.5 Å². The summed E-state index contributed by atoms with van der Waals surface area (Å²) in [5.41, 5.74) is 1.90. The van der Waals surface area contributed by atoms with Crippen LogP contribution in [0.4, 0.5) is 5.69 Å². The largest absolute Gasteiger partial charge is 0.287 e. The van der Waals surface area contributed by atoms with Crippen molar-refractivity contribution < 1.29 is 4.92 Å². The highest BCUT2D eigenvalue weighted by Gasteiger charge is 2.11. The lowest BCUT2D eigenvalue weighted by atomic mass is 10.1. The molecule has 0 N–H and O–H groups in total. The van der Waals surface area contributed by atoms with Gasteiger partial charge in [-0.3, -0.25) is 10.1 Å². The molecule has 0 unspecified atom stereocenters. The minimum Gasteiger partial charge on any atom is -0.258 e. The first kappa shape index (κ1) is 13.7. The lowest BCUT2D eigenvalue weighted by Gasteiger charge is -1.99. The zero-order valence-corrected chi connectivity index (χ0v) is 12.3. The maximum absolute atomic E-state index is 10.9. The number of fused-ring (bicyclic) bond motifs is 1. The van der Waals surface area contributed by atoms with Crippen LogP contribution in [0.2, 0.25) is 5.15 Å². The van der Waals surface area contributed by atoms with E-state index >= 15 is 0 Å². The van der Waals surface area contributed by atoms with E-state index in [2.05, 4.69) is 4.98 Å². The summed E-state index contributed by atoms with van der Waals surface area (Å²) >= 11 is 7.19. The molecule has 3 rings (SSSR count). The molecule has 0 aliphatic carbocycles. The Balaban J connectivity index is 1.94. The molecule has 21 heavy (non-hydrogen) atoms. The van der Waals surface area contributed by atoms with Crippen molar-refractivity contribution in [1.82, 2.24) is 4.98 Å². The molecule has 0 aliphatic heterocycles. The molecule has 0 saturated carbocycles. The fraction of sp³-hybridized carbons (Fsp3) is 0. The van der Waals surface area contributed by atoms with E-state index in [1.165, 1.54) is 17.4 Å². The number of benzene rings is 1. The molecule has 0 radical (unpaired) electrons. The summed E-state index contributed by atoms with van der Waals surface area (Å²) in [7, 11) is 0. The summed E-state index contributed by atoms with van der Waals surface area (Å²) in [5, 5.41) is 14.0. The predicted octanol–water partition coefficient (Wildman–Crippen LogP) is 5.03. The van der Waals surface area contributed by atoms with Crippen LogP contribution in [0.1, 0.15) is 10.4 Å². The number of hydrogen-bond acceptors (Lipinski definition) is 4. The van der Waals surface area contributed by atoms with E-state index in [9.17, 15) is 10.1 Å². The highest BCUT2D eigenvalue weighted by molar-refractivity contribution is 7.11. The number of pyridine rings is 1. The predicted molar refractivity (Wildman–Crippen MR) is 86.7 cm³/mol. The zero-order valence-electron chi connectivity index (χ0n) is 10.7. The van der Waals surface area contributed by atoms with Crippen LogP contribution in [0.5, 0.6) is 0 Å². The molecule has 2 aromatic heterocycles. The first-order valence-corrected chi connectivity index (χ1v) is 7.35. The Morgan fingerprint density at radius 3 is 2.86 bits per heavy atom. The second-order valence-corrected chi connectivity index (χ2v) is 5.68. The fourth-order valence-corrected chi connectivity index (χ4v) is 2.89. The van der Waals surface area contributed by atoms with E-state index in [-0.39, 0.29) is 10.6 Å². The van der Waals surface area contributed by atoms with Gasteiger partial charge in [-0.2, -0.15) is 0 Å². The Bertz CT molecular complexity index is 858. The van der Waals surface area contributed by atoms with Gasteiger partial charge in [-0.05, 0) is 41.3 Å². The number of aromatic nitrogens is 1. The summed E-state index contributed by atoms with van der Waals surface area (Å²) in [6.45, 7) is 0. The maximum Gasteiger partial charge on any atom is 0.287 e. The van der Waals surface area contributed by atoms with Crippen molar-refractivity contribution in [2.45, 2.75) is 0 Å². The third-order valence-corrected chi connectivity index (χ3v) is 4.06. The van der Waals surface area contributed by atoms with Crippen LogP contribution in [-0.2, 0) is 0 Å². The van der Waals surface area contributed by atoms with Crippen LogP contribution in [0.25, 0.3) is 23.1 Å². The molecule has 0 aliphatic rings. The van der Waals surface area contributed by atoms with Crippen LogP contribution in [0.3, 0.4) is 0 Å². The van der Waals surface area contributed by atoms with E-state index in [0.29, 0.717) is 10.0 Å². The molecular formula is C15H9ClN2O2S. The summed E-state index contributed by atoms with van der Waals surface area (Å²) in [6, 6.07) is 10.9. The first-order valence-electron chi connectivity index (χ1n) is 6.10.